The minimum absolute atomic E-state index is 0.151. The van der Waals surface area contributed by atoms with Gasteiger partial charge in [0.05, 0.1) is 24.6 Å². The maximum absolute atomic E-state index is 13.2. The van der Waals surface area contributed by atoms with E-state index < -0.39 is 0 Å². The minimum Gasteiger partial charge on any atom is -0.496 e. The smallest absolute Gasteiger partial charge is 0.312 e. The molecule has 1 atom stereocenters. The first-order valence-electron chi connectivity index (χ1n) is 10.9. The molecule has 2 aliphatic heterocycles. The number of carbonyl (C=O) groups is 2. The van der Waals surface area contributed by atoms with Crippen LogP contribution in [0.1, 0.15) is 39.4 Å². The summed E-state index contributed by atoms with van der Waals surface area (Å²) < 4.78 is 17.1. The standard InChI is InChI=1S/C28H19NO5/c1-32-22-7-3-2-5-18(22)14-24-27(31)19-9-11-23-26(28(19)34-24)20(15-25(30)33-23)16-8-10-21-17(13-16)6-4-12-29-21/h2-14,20H,15H2,1H3/b24-14-/t20-/m1/s1. The topological polar surface area (TPSA) is 74.7 Å². The van der Waals surface area contributed by atoms with Gasteiger partial charge >= 0.3 is 5.97 Å². The molecule has 6 heteroatoms. The van der Waals surface area contributed by atoms with Gasteiger partial charge in [0, 0.05) is 28.6 Å². The number of esters is 1. The number of ketones is 1. The lowest BCUT2D eigenvalue weighted by atomic mass is 9.84. The molecule has 3 aromatic carbocycles. The van der Waals surface area contributed by atoms with Gasteiger partial charge in [0.1, 0.15) is 17.2 Å². The Morgan fingerprint density at radius 1 is 1.00 bits per heavy atom. The first-order valence-corrected chi connectivity index (χ1v) is 10.9. The van der Waals surface area contributed by atoms with Crippen molar-refractivity contribution in [2.75, 3.05) is 7.11 Å². The number of hydrogen-bond acceptors (Lipinski definition) is 6. The van der Waals surface area contributed by atoms with Crippen molar-refractivity contribution in [1.82, 2.24) is 4.98 Å². The second-order valence-corrected chi connectivity index (χ2v) is 8.22. The van der Waals surface area contributed by atoms with Crippen LogP contribution in [0, 0.1) is 0 Å². The van der Waals surface area contributed by atoms with Gasteiger partial charge in [0.25, 0.3) is 0 Å². The molecule has 3 heterocycles. The van der Waals surface area contributed by atoms with E-state index in [1.807, 2.05) is 54.6 Å². The average molecular weight is 449 g/mol. The summed E-state index contributed by atoms with van der Waals surface area (Å²) in [5, 5.41) is 0.974. The van der Waals surface area contributed by atoms with E-state index in [0.29, 0.717) is 28.4 Å². The van der Waals surface area contributed by atoms with Crippen molar-refractivity contribution in [2.24, 2.45) is 0 Å². The van der Waals surface area contributed by atoms with E-state index in [9.17, 15) is 9.59 Å². The number of hydrogen-bond donors (Lipinski definition) is 0. The van der Waals surface area contributed by atoms with Crippen molar-refractivity contribution in [1.29, 1.82) is 0 Å². The zero-order valence-corrected chi connectivity index (χ0v) is 18.3. The van der Waals surface area contributed by atoms with Crippen LogP contribution in [0.5, 0.6) is 17.2 Å². The van der Waals surface area contributed by atoms with E-state index in [0.717, 1.165) is 22.0 Å². The summed E-state index contributed by atoms with van der Waals surface area (Å²) in [7, 11) is 1.58. The fraction of sp³-hybridized carbons (Fsp3) is 0.107. The lowest BCUT2D eigenvalue weighted by Gasteiger charge is -2.26. The van der Waals surface area contributed by atoms with Gasteiger partial charge in [-0.05, 0) is 48.0 Å². The number of ether oxygens (including phenoxy) is 3. The molecule has 0 aliphatic carbocycles. The summed E-state index contributed by atoms with van der Waals surface area (Å²) in [6, 6.07) is 20.5. The van der Waals surface area contributed by atoms with Gasteiger partial charge in [-0.3, -0.25) is 14.6 Å². The minimum atomic E-state index is -0.321. The Balaban J connectivity index is 1.47. The fourth-order valence-corrected chi connectivity index (χ4v) is 4.63. The van der Waals surface area contributed by atoms with Crippen LogP contribution in [0.4, 0.5) is 0 Å². The van der Waals surface area contributed by atoms with Crippen LogP contribution in [-0.2, 0) is 4.79 Å². The molecule has 4 aromatic rings. The molecule has 0 saturated heterocycles. The van der Waals surface area contributed by atoms with E-state index in [1.54, 1.807) is 31.5 Å². The van der Waals surface area contributed by atoms with Crippen LogP contribution in [0.3, 0.4) is 0 Å². The summed E-state index contributed by atoms with van der Waals surface area (Å²) >= 11 is 0. The van der Waals surface area contributed by atoms with E-state index in [2.05, 4.69) is 4.98 Å². The second kappa shape index (κ2) is 7.85. The molecule has 0 N–H and O–H groups in total. The largest absolute Gasteiger partial charge is 0.496 e. The Kier molecular flexibility index (Phi) is 4.66. The van der Waals surface area contributed by atoms with Crippen LogP contribution in [0.25, 0.3) is 17.0 Å². The van der Waals surface area contributed by atoms with Gasteiger partial charge in [0.15, 0.2) is 5.76 Å². The highest BCUT2D eigenvalue weighted by Gasteiger charge is 2.38. The molecule has 0 radical (unpaired) electrons. The number of nitrogens with zero attached hydrogens (tertiary/aromatic N) is 1. The monoisotopic (exact) mass is 449 g/mol. The van der Waals surface area contributed by atoms with Gasteiger partial charge < -0.3 is 14.2 Å². The molecule has 1 aromatic heterocycles. The molecule has 6 nitrogen and oxygen atoms in total. The number of carbonyl (C=O) groups excluding carboxylic acids is 2. The third-order valence-corrected chi connectivity index (χ3v) is 6.23. The van der Waals surface area contributed by atoms with Crippen molar-refractivity contribution in [3.05, 3.63) is 101 Å². The van der Waals surface area contributed by atoms with E-state index in [4.69, 9.17) is 14.2 Å². The van der Waals surface area contributed by atoms with E-state index >= 15 is 0 Å². The number of allylic oxidation sites excluding steroid dienone is 1. The molecule has 0 bridgehead atoms. The SMILES string of the molecule is COc1ccccc1/C=C1\Oc2c(ccc3c2[C@@H](c2ccc4ncccc4c2)CC(=O)O3)C1=O. The molecule has 2 aliphatic rings. The number of rotatable bonds is 3. The molecule has 0 fully saturated rings. The van der Waals surface area contributed by atoms with Crippen LogP contribution in [0.2, 0.25) is 0 Å². The van der Waals surface area contributed by atoms with Gasteiger partial charge in [-0.2, -0.15) is 0 Å². The summed E-state index contributed by atoms with van der Waals surface area (Å²) in [5.41, 5.74) is 3.70. The highest BCUT2D eigenvalue weighted by atomic mass is 16.5. The van der Waals surface area contributed by atoms with Crippen LogP contribution >= 0.6 is 0 Å². The molecule has 34 heavy (non-hydrogen) atoms. The number of fused-ring (bicyclic) bond motifs is 4. The Hall–Kier alpha value is -4.45. The normalized spacial score (nSPS) is 17.8. The summed E-state index contributed by atoms with van der Waals surface area (Å²) in [5.74, 6) is 0.839. The summed E-state index contributed by atoms with van der Waals surface area (Å²) in [6.07, 6.45) is 3.58. The Morgan fingerprint density at radius 2 is 1.88 bits per heavy atom. The molecular formula is C28H19NO5. The molecule has 0 spiro atoms. The molecule has 0 saturated carbocycles. The van der Waals surface area contributed by atoms with Crippen LogP contribution in [-0.4, -0.2) is 23.8 Å². The van der Waals surface area contributed by atoms with Gasteiger partial charge in [-0.1, -0.05) is 30.3 Å². The number of aromatic nitrogens is 1. The Bertz CT molecular complexity index is 1520. The third-order valence-electron chi connectivity index (χ3n) is 6.23. The van der Waals surface area contributed by atoms with Crippen molar-refractivity contribution in [3.63, 3.8) is 0 Å². The first-order chi connectivity index (χ1) is 16.6. The highest BCUT2D eigenvalue weighted by molar-refractivity contribution is 6.15. The predicted molar refractivity (Wildman–Crippen MR) is 126 cm³/mol. The highest BCUT2D eigenvalue weighted by Crippen LogP contribution is 2.49. The zero-order chi connectivity index (χ0) is 23.2. The Labute approximate surface area is 195 Å². The first kappa shape index (κ1) is 20.2. The van der Waals surface area contributed by atoms with Gasteiger partial charge in [-0.25, -0.2) is 0 Å². The summed E-state index contributed by atoms with van der Waals surface area (Å²) in [4.78, 5) is 30.0. The van der Waals surface area contributed by atoms with E-state index in [-0.39, 0.29) is 29.9 Å². The maximum Gasteiger partial charge on any atom is 0.312 e. The quantitative estimate of drug-likeness (QED) is 0.240. The average Bonchev–Trinajstić information content (AvgIpc) is 3.18. The van der Waals surface area contributed by atoms with Crippen LogP contribution < -0.4 is 14.2 Å². The lowest BCUT2D eigenvalue weighted by Crippen LogP contribution is -2.21. The van der Waals surface area contributed by atoms with Gasteiger partial charge in [0.2, 0.25) is 5.78 Å². The van der Waals surface area contributed by atoms with Crippen molar-refractivity contribution in [2.45, 2.75) is 12.3 Å². The zero-order valence-electron chi connectivity index (χ0n) is 18.3. The number of Topliss-reactive ketones (excluding diaryl/α,β-unsaturated/α-hetero) is 1. The van der Waals surface area contributed by atoms with Crippen molar-refractivity contribution in [3.8, 4) is 17.2 Å². The molecule has 166 valence electrons. The number of pyridine rings is 1. The lowest BCUT2D eigenvalue weighted by molar-refractivity contribution is -0.135. The number of methoxy groups -OCH3 is 1. The molecule has 0 amide bonds. The predicted octanol–water partition coefficient (Wildman–Crippen LogP) is 5.30. The fourth-order valence-electron chi connectivity index (χ4n) is 4.63. The molecular weight excluding hydrogens is 430 g/mol. The van der Waals surface area contributed by atoms with E-state index in [1.165, 1.54) is 0 Å². The number of para-hydroxylation sites is 1. The second-order valence-electron chi connectivity index (χ2n) is 8.22. The summed E-state index contributed by atoms with van der Waals surface area (Å²) in [6.45, 7) is 0. The Morgan fingerprint density at radius 3 is 2.76 bits per heavy atom. The molecule has 0 unspecified atom stereocenters. The van der Waals surface area contributed by atoms with Crippen molar-refractivity contribution < 1.29 is 23.8 Å². The maximum atomic E-state index is 13.2. The third kappa shape index (κ3) is 3.23. The van der Waals surface area contributed by atoms with Crippen molar-refractivity contribution >= 4 is 28.7 Å². The van der Waals surface area contributed by atoms with Gasteiger partial charge in [-0.15, -0.1) is 0 Å². The van der Waals surface area contributed by atoms with Crippen LogP contribution in [0.15, 0.2) is 78.7 Å². The number of benzene rings is 3. The molecule has 6 rings (SSSR count).